The lowest BCUT2D eigenvalue weighted by Crippen LogP contribution is -2.02. The van der Waals surface area contributed by atoms with Gasteiger partial charge < -0.3 is 4.74 Å². The molecule has 2 aromatic rings. The summed E-state index contributed by atoms with van der Waals surface area (Å²) in [6, 6.07) is 9.98. The Morgan fingerprint density at radius 3 is 2.80 bits per heavy atom. The van der Waals surface area contributed by atoms with Crippen molar-refractivity contribution < 1.29 is 4.74 Å². The van der Waals surface area contributed by atoms with Crippen LogP contribution < -0.4 is 0 Å². The average molecular weight is 203 g/mol. The summed E-state index contributed by atoms with van der Waals surface area (Å²) in [6.07, 6.45) is 1.70. The summed E-state index contributed by atoms with van der Waals surface area (Å²) >= 11 is 0. The fourth-order valence-corrected chi connectivity index (χ4v) is 1.35. The predicted molar refractivity (Wildman–Crippen MR) is 56.7 cm³/mol. The van der Waals surface area contributed by atoms with Crippen LogP contribution >= 0.6 is 0 Å². The van der Waals surface area contributed by atoms with Gasteiger partial charge in [0.2, 0.25) is 0 Å². The standard InChI is InChI=1S/C11H13N3O/c1-2-15-8-11-13-12-9-14(11)10-6-4-3-5-7-10/h3-7,9H,2,8H2,1H3. The summed E-state index contributed by atoms with van der Waals surface area (Å²) in [5.74, 6) is 0.822. The highest BCUT2D eigenvalue weighted by atomic mass is 16.5. The van der Waals surface area contributed by atoms with E-state index in [1.807, 2.05) is 41.8 Å². The lowest BCUT2D eigenvalue weighted by molar-refractivity contribution is 0.127. The zero-order valence-electron chi connectivity index (χ0n) is 8.63. The molecule has 0 amide bonds. The largest absolute Gasteiger partial charge is 0.374 e. The molecule has 0 saturated carbocycles. The molecule has 0 radical (unpaired) electrons. The monoisotopic (exact) mass is 203 g/mol. The summed E-state index contributed by atoms with van der Waals surface area (Å²) in [5.41, 5.74) is 1.05. The minimum absolute atomic E-state index is 0.491. The first kappa shape index (κ1) is 9.86. The predicted octanol–water partition coefficient (Wildman–Crippen LogP) is 1.80. The van der Waals surface area contributed by atoms with Gasteiger partial charge in [0.15, 0.2) is 5.82 Å². The molecule has 0 saturated heterocycles. The third-order valence-electron chi connectivity index (χ3n) is 2.09. The van der Waals surface area contributed by atoms with E-state index in [0.29, 0.717) is 13.2 Å². The van der Waals surface area contributed by atoms with Crippen LogP contribution in [0.2, 0.25) is 0 Å². The molecule has 4 heteroatoms. The summed E-state index contributed by atoms with van der Waals surface area (Å²) in [5, 5.41) is 7.90. The lowest BCUT2D eigenvalue weighted by atomic mass is 10.3. The van der Waals surface area contributed by atoms with Gasteiger partial charge in [-0.25, -0.2) is 0 Å². The van der Waals surface area contributed by atoms with Crippen LogP contribution in [-0.4, -0.2) is 21.4 Å². The Balaban J connectivity index is 2.25. The van der Waals surface area contributed by atoms with Gasteiger partial charge in [0, 0.05) is 12.3 Å². The highest BCUT2D eigenvalue weighted by Crippen LogP contribution is 2.09. The SMILES string of the molecule is CCOCc1nncn1-c1ccccc1. The third-order valence-corrected chi connectivity index (χ3v) is 2.09. The van der Waals surface area contributed by atoms with Crippen LogP contribution in [0.25, 0.3) is 5.69 Å². The van der Waals surface area contributed by atoms with E-state index in [9.17, 15) is 0 Å². The van der Waals surface area contributed by atoms with Gasteiger partial charge in [0.25, 0.3) is 0 Å². The van der Waals surface area contributed by atoms with Crippen molar-refractivity contribution in [2.75, 3.05) is 6.61 Å². The second kappa shape index (κ2) is 4.70. The normalized spacial score (nSPS) is 10.5. The van der Waals surface area contributed by atoms with E-state index in [1.54, 1.807) is 6.33 Å². The maximum Gasteiger partial charge on any atom is 0.163 e. The first-order valence-electron chi connectivity index (χ1n) is 4.94. The Bertz CT molecular complexity index is 411. The second-order valence-corrected chi connectivity index (χ2v) is 3.09. The maximum atomic E-state index is 5.32. The molecule has 1 heterocycles. The van der Waals surface area contributed by atoms with Crippen molar-refractivity contribution >= 4 is 0 Å². The van der Waals surface area contributed by atoms with Gasteiger partial charge in [0.05, 0.1) is 0 Å². The van der Waals surface area contributed by atoms with E-state index in [1.165, 1.54) is 0 Å². The molecule has 0 spiro atoms. The van der Waals surface area contributed by atoms with Crippen molar-refractivity contribution in [2.45, 2.75) is 13.5 Å². The molecule has 2 rings (SSSR count). The number of hydrogen-bond acceptors (Lipinski definition) is 3. The van der Waals surface area contributed by atoms with Crippen LogP contribution in [0.3, 0.4) is 0 Å². The Labute approximate surface area is 88.5 Å². The Hall–Kier alpha value is -1.68. The number of para-hydroxylation sites is 1. The molecule has 4 nitrogen and oxygen atoms in total. The van der Waals surface area contributed by atoms with Gasteiger partial charge in [-0.05, 0) is 19.1 Å². The molecule has 0 fully saturated rings. The van der Waals surface area contributed by atoms with E-state index in [2.05, 4.69) is 10.2 Å². The molecule has 0 bridgehead atoms. The highest BCUT2D eigenvalue weighted by Gasteiger charge is 2.04. The Morgan fingerprint density at radius 1 is 1.27 bits per heavy atom. The first-order chi connectivity index (χ1) is 7.42. The number of ether oxygens (including phenoxy) is 1. The molecule has 0 N–H and O–H groups in total. The van der Waals surface area contributed by atoms with Crippen LogP contribution in [0.15, 0.2) is 36.7 Å². The van der Waals surface area contributed by atoms with Crippen molar-refractivity contribution in [3.8, 4) is 5.69 Å². The third kappa shape index (κ3) is 2.22. The minimum Gasteiger partial charge on any atom is -0.374 e. The van der Waals surface area contributed by atoms with Crippen molar-refractivity contribution in [1.29, 1.82) is 0 Å². The van der Waals surface area contributed by atoms with Crippen LogP contribution in [0.1, 0.15) is 12.7 Å². The molecule has 0 unspecified atom stereocenters. The zero-order valence-corrected chi connectivity index (χ0v) is 8.63. The van der Waals surface area contributed by atoms with Gasteiger partial charge in [-0.3, -0.25) is 4.57 Å². The van der Waals surface area contributed by atoms with E-state index in [-0.39, 0.29) is 0 Å². The van der Waals surface area contributed by atoms with Gasteiger partial charge in [-0.15, -0.1) is 10.2 Å². The average Bonchev–Trinajstić information content (AvgIpc) is 2.75. The van der Waals surface area contributed by atoms with Crippen molar-refractivity contribution in [2.24, 2.45) is 0 Å². The first-order valence-corrected chi connectivity index (χ1v) is 4.94. The number of hydrogen-bond donors (Lipinski definition) is 0. The van der Waals surface area contributed by atoms with Gasteiger partial charge in [0.1, 0.15) is 12.9 Å². The Morgan fingerprint density at radius 2 is 2.07 bits per heavy atom. The quantitative estimate of drug-likeness (QED) is 0.760. The van der Waals surface area contributed by atoms with Gasteiger partial charge in [-0.1, -0.05) is 18.2 Å². The molecule has 0 aliphatic heterocycles. The maximum absolute atomic E-state index is 5.32. The smallest absolute Gasteiger partial charge is 0.163 e. The summed E-state index contributed by atoms with van der Waals surface area (Å²) < 4.78 is 7.24. The minimum atomic E-state index is 0.491. The molecule has 0 aliphatic carbocycles. The molecular formula is C11H13N3O. The molecule has 15 heavy (non-hydrogen) atoms. The fourth-order valence-electron chi connectivity index (χ4n) is 1.35. The van der Waals surface area contributed by atoms with Gasteiger partial charge >= 0.3 is 0 Å². The topological polar surface area (TPSA) is 39.9 Å². The zero-order chi connectivity index (χ0) is 10.5. The van der Waals surface area contributed by atoms with Crippen LogP contribution in [0, 0.1) is 0 Å². The second-order valence-electron chi connectivity index (χ2n) is 3.09. The number of benzene rings is 1. The highest BCUT2D eigenvalue weighted by molar-refractivity contribution is 5.31. The molecule has 78 valence electrons. The summed E-state index contributed by atoms with van der Waals surface area (Å²) in [6.45, 7) is 3.14. The van der Waals surface area contributed by atoms with Crippen LogP contribution in [0.5, 0.6) is 0 Å². The Kier molecular flexibility index (Phi) is 3.09. The molecule has 0 atom stereocenters. The number of aromatic nitrogens is 3. The summed E-state index contributed by atoms with van der Waals surface area (Å²) in [7, 11) is 0. The molecule has 0 aliphatic rings. The number of nitrogens with zero attached hydrogens (tertiary/aromatic N) is 3. The lowest BCUT2D eigenvalue weighted by Gasteiger charge is -2.05. The molecular weight excluding hydrogens is 190 g/mol. The van der Waals surface area contributed by atoms with Crippen LogP contribution in [0.4, 0.5) is 0 Å². The molecule has 1 aromatic carbocycles. The van der Waals surface area contributed by atoms with Crippen molar-refractivity contribution in [3.63, 3.8) is 0 Å². The van der Waals surface area contributed by atoms with E-state index >= 15 is 0 Å². The van der Waals surface area contributed by atoms with Crippen molar-refractivity contribution in [1.82, 2.24) is 14.8 Å². The fraction of sp³-hybridized carbons (Fsp3) is 0.273. The van der Waals surface area contributed by atoms with E-state index < -0.39 is 0 Å². The van der Waals surface area contributed by atoms with E-state index in [0.717, 1.165) is 11.5 Å². The van der Waals surface area contributed by atoms with Crippen molar-refractivity contribution in [3.05, 3.63) is 42.5 Å². The number of rotatable bonds is 4. The summed E-state index contributed by atoms with van der Waals surface area (Å²) in [4.78, 5) is 0. The van der Waals surface area contributed by atoms with Gasteiger partial charge in [-0.2, -0.15) is 0 Å². The van der Waals surface area contributed by atoms with Crippen LogP contribution in [-0.2, 0) is 11.3 Å². The molecule has 1 aromatic heterocycles. The van der Waals surface area contributed by atoms with E-state index in [4.69, 9.17) is 4.74 Å².